The van der Waals surface area contributed by atoms with Gasteiger partial charge in [0.15, 0.2) is 0 Å². The van der Waals surface area contributed by atoms with Crippen LogP contribution in [-0.4, -0.2) is 0 Å². The first-order valence-corrected chi connectivity index (χ1v) is 5.67. The number of benzene rings is 1. The quantitative estimate of drug-likeness (QED) is 0.669. The number of halogens is 4. The molecule has 1 aliphatic carbocycles. The molecule has 4 heteroatoms. The summed E-state index contributed by atoms with van der Waals surface area (Å²) in [6, 6.07) is 2.85. The predicted molar refractivity (Wildman–Crippen MR) is 57.1 cm³/mol. The van der Waals surface area contributed by atoms with Crippen LogP contribution >= 0.6 is 0 Å². The number of rotatable bonds is 2. The molecule has 1 aliphatic rings. The summed E-state index contributed by atoms with van der Waals surface area (Å²) in [4.78, 5) is 0. The van der Waals surface area contributed by atoms with Gasteiger partial charge >= 0.3 is 6.18 Å². The van der Waals surface area contributed by atoms with E-state index >= 15 is 0 Å². The topological polar surface area (TPSA) is 0 Å². The first-order chi connectivity index (χ1) is 7.80. The molecule has 0 heterocycles. The van der Waals surface area contributed by atoms with Gasteiger partial charge in [0.2, 0.25) is 0 Å². The van der Waals surface area contributed by atoms with Gasteiger partial charge in [-0.1, -0.05) is 19.9 Å². The molecule has 1 aromatic rings. The van der Waals surface area contributed by atoms with Crippen molar-refractivity contribution in [2.24, 2.45) is 11.8 Å². The lowest BCUT2D eigenvalue weighted by Crippen LogP contribution is -2.06. The van der Waals surface area contributed by atoms with Crippen molar-refractivity contribution in [3.05, 3.63) is 35.1 Å². The molecule has 0 bridgehead atoms. The lowest BCUT2D eigenvalue weighted by Gasteiger charge is -2.09. The van der Waals surface area contributed by atoms with Crippen LogP contribution in [0.15, 0.2) is 18.2 Å². The van der Waals surface area contributed by atoms with E-state index in [0.717, 1.165) is 12.5 Å². The van der Waals surface area contributed by atoms with Gasteiger partial charge in [-0.2, -0.15) is 13.2 Å². The Hall–Kier alpha value is -1.06. The average molecular weight is 246 g/mol. The van der Waals surface area contributed by atoms with Crippen LogP contribution in [0.4, 0.5) is 17.6 Å². The van der Waals surface area contributed by atoms with Crippen molar-refractivity contribution in [2.45, 2.75) is 32.4 Å². The SMILES string of the molecule is CC(C)[C@H]1C[C@@H]1c1ccc(C(F)(F)F)cc1F. The lowest BCUT2D eigenvalue weighted by molar-refractivity contribution is -0.137. The van der Waals surface area contributed by atoms with Crippen molar-refractivity contribution < 1.29 is 17.6 Å². The summed E-state index contributed by atoms with van der Waals surface area (Å²) >= 11 is 0. The van der Waals surface area contributed by atoms with E-state index in [9.17, 15) is 17.6 Å². The predicted octanol–water partition coefficient (Wildman–Crippen LogP) is 4.60. The van der Waals surface area contributed by atoms with Gasteiger partial charge in [-0.25, -0.2) is 4.39 Å². The zero-order valence-corrected chi connectivity index (χ0v) is 9.68. The average Bonchev–Trinajstić information content (AvgIpc) is 2.95. The monoisotopic (exact) mass is 246 g/mol. The van der Waals surface area contributed by atoms with Crippen molar-refractivity contribution in [1.29, 1.82) is 0 Å². The Labute approximate surface area is 97.6 Å². The zero-order valence-electron chi connectivity index (χ0n) is 9.68. The fraction of sp³-hybridized carbons (Fsp3) is 0.538. The number of hydrogen-bond acceptors (Lipinski definition) is 0. The Kier molecular flexibility index (Phi) is 2.92. The van der Waals surface area contributed by atoms with Gasteiger partial charge < -0.3 is 0 Å². The molecule has 0 amide bonds. The van der Waals surface area contributed by atoms with Crippen molar-refractivity contribution in [3.63, 3.8) is 0 Å². The van der Waals surface area contributed by atoms with Crippen LogP contribution in [0, 0.1) is 17.7 Å². The van der Waals surface area contributed by atoms with Gasteiger partial charge in [0, 0.05) is 0 Å². The maximum Gasteiger partial charge on any atom is 0.416 e. The fourth-order valence-corrected chi connectivity index (χ4v) is 2.31. The second-order valence-corrected chi connectivity index (χ2v) is 4.98. The molecule has 0 unspecified atom stereocenters. The molecule has 0 radical (unpaired) electrons. The minimum absolute atomic E-state index is 0.0947. The highest BCUT2D eigenvalue weighted by Crippen LogP contribution is 2.52. The second kappa shape index (κ2) is 4.00. The highest BCUT2D eigenvalue weighted by Gasteiger charge is 2.42. The smallest absolute Gasteiger partial charge is 0.207 e. The minimum atomic E-state index is -4.47. The maximum atomic E-state index is 13.6. The Morgan fingerprint density at radius 3 is 2.29 bits per heavy atom. The van der Waals surface area contributed by atoms with Crippen molar-refractivity contribution in [2.75, 3.05) is 0 Å². The summed E-state index contributed by atoms with van der Waals surface area (Å²) < 4.78 is 50.7. The van der Waals surface area contributed by atoms with Gasteiger partial charge in [-0.05, 0) is 41.9 Å². The molecule has 0 aliphatic heterocycles. The molecule has 0 nitrogen and oxygen atoms in total. The Balaban J connectivity index is 2.22. The van der Waals surface area contributed by atoms with Crippen molar-refractivity contribution in [1.82, 2.24) is 0 Å². The first kappa shape index (κ1) is 12.4. The Morgan fingerprint density at radius 2 is 1.88 bits per heavy atom. The molecule has 2 atom stereocenters. The standard InChI is InChI=1S/C13H14F4/c1-7(2)10-6-11(10)9-4-3-8(5-12(9)14)13(15,16)17/h3-5,7,10-11H,6H2,1-2H3/t10-,11-/m1/s1. The molecule has 0 aromatic heterocycles. The molecule has 1 aromatic carbocycles. The molecule has 0 spiro atoms. The van der Waals surface area contributed by atoms with E-state index in [0.29, 0.717) is 23.5 Å². The molecule has 1 saturated carbocycles. The summed E-state index contributed by atoms with van der Waals surface area (Å²) in [6.45, 7) is 4.10. The van der Waals surface area contributed by atoms with Crippen LogP contribution in [0.5, 0.6) is 0 Å². The van der Waals surface area contributed by atoms with Crippen LogP contribution in [-0.2, 0) is 6.18 Å². The van der Waals surface area contributed by atoms with Crippen LogP contribution in [0.2, 0.25) is 0 Å². The molecular formula is C13H14F4. The van der Waals surface area contributed by atoms with E-state index in [2.05, 4.69) is 0 Å². The zero-order chi connectivity index (χ0) is 12.8. The Bertz CT molecular complexity index is 420. The summed E-state index contributed by atoms with van der Waals surface area (Å²) in [5.41, 5.74) is -0.489. The minimum Gasteiger partial charge on any atom is -0.207 e. The molecular weight excluding hydrogens is 232 g/mol. The van der Waals surface area contributed by atoms with Gasteiger partial charge in [0.1, 0.15) is 5.82 Å². The van der Waals surface area contributed by atoms with E-state index in [4.69, 9.17) is 0 Å². The molecule has 0 N–H and O–H groups in total. The number of hydrogen-bond donors (Lipinski definition) is 0. The summed E-state index contributed by atoms with van der Waals surface area (Å²) in [7, 11) is 0. The summed E-state index contributed by atoms with van der Waals surface area (Å²) in [5, 5.41) is 0. The van der Waals surface area contributed by atoms with Crippen LogP contribution in [0.3, 0.4) is 0 Å². The van der Waals surface area contributed by atoms with Crippen LogP contribution in [0.25, 0.3) is 0 Å². The third kappa shape index (κ3) is 2.45. The normalized spacial score (nSPS) is 24.2. The summed E-state index contributed by atoms with van der Waals surface area (Å²) in [5.74, 6) is 0.216. The van der Waals surface area contributed by atoms with E-state index in [1.54, 1.807) is 0 Å². The van der Waals surface area contributed by atoms with E-state index in [1.807, 2.05) is 13.8 Å². The van der Waals surface area contributed by atoms with Crippen molar-refractivity contribution in [3.8, 4) is 0 Å². The molecule has 94 valence electrons. The highest BCUT2D eigenvalue weighted by molar-refractivity contribution is 5.32. The van der Waals surface area contributed by atoms with E-state index in [1.165, 1.54) is 6.07 Å². The van der Waals surface area contributed by atoms with Crippen LogP contribution < -0.4 is 0 Å². The van der Waals surface area contributed by atoms with Gasteiger partial charge in [0.25, 0.3) is 0 Å². The first-order valence-electron chi connectivity index (χ1n) is 5.67. The molecule has 1 fully saturated rings. The van der Waals surface area contributed by atoms with Crippen molar-refractivity contribution >= 4 is 0 Å². The molecule has 2 rings (SSSR count). The van der Waals surface area contributed by atoms with Gasteiger partial charge in [-0.3, -0.25) is 0 Å². The third-order valence-electron chi connectivity index (χ3n) is 3.42. The third-order valence-corrected chi connectivity index (χ3v) is 3.42. The fourth-order valence-electron chi connectivity index (χ4n) is 2.31. The Morgan fingerprint density at radius 1 is 1.24 bits per heavy atom. The highest BCUT2D eigenvalue weighted by atomic mass is 19.4. The van der Waals surface area contributed by atoms with Gasteiger partial charge in [0.05, 0.1) is 5.56 Å². The largest absolute Gasteiger partial charge is 0.416 e. The van der Waals surface area contributed by atoms with E-state index < -0.39 is 17.6 Å². The summed E-state index contributed by atoms with van der Waals surface area (Å²) in [6.07, 6.45) is -3.60. The van der Waals surface area contributed by atoms with E-state index in [-0.39, 0.29) is 5.92 Å². The second-order valence-electron chi connectivity index (χ2n) is 4.98. The number of alkyl halides is 3. The molecule has 17 heavy (non-hydrogen) atoms. The lowest BCUT2D eigenvalue weighted by atomic mass is 10.0. The van der Waals surface area contributed by atoms with Gasteiger partial charge in [-0.15, -0.1) is 0 Å². The molecule has 0 saturated heterocycles. The maximum absolute atomic E-state index is 13.6. The van der Waals surface area contributed by atoms with Crippen LogP contribution in [0.1, 0.15) is 37.3 Å².